The van der Waals surface area contributed by atoms with Gasteiger partial charge in [0, 0.05) is 23.0 Å². The molecule has 0 radical (unpaired) electrons. The summed E-state index contributed by atoms with van der Waals surface area (Å²) in [5, 5.41) is 10.9. The van der Waals surface area contributed by atoms with E-state index in [9.17, 15) is 0 Å². The van der Waals surface area contributed by atoms with Crippen LogP contribution in [0.25, 0.3) is 33.3 Å². The van der Waals surface area contributed by atoms with E-state index in [4.69, 9.17) is 9.68 Å². The summed E-state index contributed by atoms with van der Waals surface area (Å²) in [5.41, 5.74) is 5.20. The number of aromatic nitrogens is 2. The molecule has 1 aromatic carbocycles. The van der Waals surface area contributed by atoms with Crippen molar-refractivity contribution in [2.45, 2.75) is 6.92 Å². The van der Waals surface area contributed by atoms with E-state index in [1.54, 1.807) is 0 Å². The highest BCUT2D eigenvalue weighted by atomic mass is 16.3. The van der Waals surface area contributed by atoms with Crippen molar-refractivity contribution in [1.82, 2.24) is 4.98 Å². The van der Waals surface area contributed by atoms with E-state index < -0.39 is 0 Å². The monoisotopic (exact) mass is 300 g/mol. The topological polar surface area (TPSA) is 53.7 Å². The van der Waals surface area contributed by atoms with E-state index in [2.05, 4.69) is 34.7 Å². The smallest absolute Gasteiger partial charge is 0.256 e. The van der Waals surface area contributed by atoms with Crippen LogP contribution in [0.15, 0.2) is 53.2 Å². The van der Waals surface area contributed by atoms with Crippen molar-refractivity contribution in [2.24, 2.45) is 7.05 Å². The molecule has 0 saturated heterocycles. The molecule has 0 bridgehead atoms. The molecule has 0 aliphatic rings. The van der Waals surface area contributed by atoms with Gasteiger partial charge in [-0.1, -0.05) is 18.2 Å². The normalized spacial score (nSPS) is 11.0. The first-order valence-corrected chi connectivity index (χ1v) is 7.36. The average Bonchev–Trinajstić information content (AvgIpc) is 2.93. The molecule has 3 heterocycles. The molecule has 0 saturated carbocycles. The molecule has 0 atom stereocenters. The van der Waals surface area contributed by atoms with Crippen LogP contribution in [-0.4, -0.2) is 4.98 Å². The van der Waals surface area contributed by atoms with Crippen molar-refractivity contribution in [1.29, 1.82) is 5.26 Å². The third-order valence-corrected chi connectivity index (χ3v) is 4.15. The van der Waals surface area contributed by atoms with Crippen LogP contribution >= 0.6 is 0 Å². The van der Waals surface area contributed by atoms with Gasteiger partial charge in [-0.2, -0.15) is 9.83 Å². The minimum Gasteiger partial charge on any atom is -0.431 e. The zero-order chi connectivity index (χ0) is 16.0. The lowest BCUT2D eigenvalue weighted by molar-refractivity contribution is -0.659. The van der Waals surface area contributed by atoms with Crippen LogP contribution in [0.2, 0.25) is 0 Å². The van der Waals surface area contributed by atoms with Crippen LogP contribution in [0, 0.1) is 18.3 Å². The van der Waals surface area contributed by atoms with Crippen LogP contribution in [0.5, 0.6) is 0 Å². The highest BCUT2D eigenvalue weighted by molar-refractivity contribution is 6.07. The molecule has 0 fully saturated rings. The third-order valence-electron chi connectivity index (χ3n) is 4.15. The molecule has 4 nitrogen and oxygen atoms in total. The van der Waals surface area contributed by atoms with Crippen LogP contribution in [0.3, 0.4) is 0 Å². The highest BCUT2D eigenvalue weighted by Crippen LogP contribution is 2.33. The second kappa shape index (κ2) is 4.92. The number of rotatable bonds is 1. The van der Waals surface area contributed by atoms with Crippen molar-refractivity contribution in [3.63, 3.8) is 0 Å². The molecule has 23 heavy (non-hydrogen) atoms. The lowest BCUT2D eigenvalue weighted by Gasteiger charge is -2.04. The standard InChI is InChI=1S/C19H14N3O/c1-12-5-3-4-6-14(12)17-18-15(7-8-22(17)2)16-9-13(10-20)11-21-19(16)23-18/h3-9,11H,1-2H3/q+1. The zero-order valence-corrected chi connectivity index (χ0v) is 12.9. The molecule has 110 valence electrons. The van der Waals surface area contributed by atoms with Crippen molar-refractivity contribution in [3.05, 3.63) is 59.9 Å². The molecular weight excluding hydrogens is 286 g/mol. The van der Waals surface area contributed by atoms with E-state index in [-0.39, 0.29) is 0 Å². The third kappa shape index (κ3) is 1.98. The second-order valence-corrected chi connectivity index (χ2v) is 5.62. The van der Waals surface area contributed by atoms with Crippen molar-refractivity contribution in [2.75, 3.05) is 0 Å². The number of hydrogen-bond acceptors (Lipinski definition) is 3. The molecule has 4 rings (SSSR count). The first kappa shape index (κ1) is 13.5. The Kier molecular flexibility index (Phi) is 2.88. The van der Waals surface area contributed by atoms with E-state index in [1.807, 2.05) is 37.5 Å². The summed E-state index contributed by atoms with van der Waals surface area (Å²) < 4.78 is 8.09. The van der Waals surface area contributed by atoms with Crippen molar-refractivity contribution >= 4 is 22.1 Å². The lowest BCUT2D eigenvalue weighted by Crippen LogP contribution is -2.30. The summed E-state index contributed by atoms with van der Waals surface area (Å²) in [7, 11) is 2.00. The van der Waals surface area contributed by atoms with Crippen LogP contribution in [0.1, 0.15) is 11.1 Å². The van der Waals surface area contributed by atoms with E-state index in [1.165, 1.54) is 11.8 Å². The molecule has 0 aliphatic heterocycles. The fraction of sp³-hybridized carbons (Fsp3) is 0.105. The largest absolute Gasteiger partial charge is 0.431 e. The van der Waals surface area contributed by atoms with Gasteiger partial charge in [0.2, 0.25) is 11.3 Å². The van der Waals surface area contributed by atoms with Gasteiger partial charge in [0.25, 0.3) is 5.69 Å². The number of nitriles is 1. The number of benzene rings is 1. The molecule has 0 N–H and O–H groups in total. The summed E-state index contributed by atoms with van der Waals surface area (Å²) in [4.78, 5) is 4.28. The summed E-state index contributed by atoms with van der Waals surface area (Å²) in [6.45, 7) is 2.09. The number of furan rings is 1. The van der Waals surface area contributed by atoms with Crippen LogP contribution in [0.4, 0.5) is 0 Å². The Hall–Kier alpha value is -3.19. The molecule has 0 aliphatic carbocycles. The lowest BCUT2D eigenvalue weighted by atomic mass is 10.0. The van der Waals surface area contributed by atoms with Crippen molar-refractivity contribution < 1.29 is 8.98 Å². The van der Waals surface area contributed by atoms with Crippen molar-refractivity contribution in [3.8, 4) is 17.3 Å². The zero-order valence-electron chi connectivity index (χ0n) is 12.9. The Balaban J connectivity index is 2.15. The van der Waals surface area contributed by atoms with Gasteiger partial charge in [-0.3, -0.25) is 0 Å². The molecule has 0 unspecified atom stereocenters. The van der Waals surface area contributed by atoms with E-state index in [0.717, 1.165) is 27.6 Å². The van der Waals surface area contributed by atoms with Gasteiger partial charge in [-0.25, -0.2) is 4.98 Å². The minimum atomic E-state index is 0.533. The first-order valence-electron chi connectivity index (χ1n) is 7.36. The summed E-state index contributed by atoms with van der Waals surface area (Å²) >= 11 is 0. The van der Waals surface area contributed by atoms with Gasteiger partial charge in [0.1, 0.15) is 13.1 Å². The molecule has 3 aromatic heterocycles. The predicted octanol–water partition coefficient (Wildman–Crippen LogP) is 3.65. The summed E-state index contributed by atoms with van der Waals surface area (Å²) in [6.07, 6.45) is 3.55. The fourth-order valence-corrected chi connectivity index (χ4v) is 2.97. The quantitative estimate of drug-likeness (QED) is 0.504. The maximum Gasteiger partial charge on any atom is 0.256 e. The number of nitrogens with zero attached hydrogens (tertiary/aromatic N) is 3. The number of pyridine rings is 2. The van der Waals surface area contributed by atoms with Gasteiger partial charge in [-0.15, -0.1) is 0 Å². The van der Waals surface area contributed by atoms with Gasteiger partial charge in [-0.05, 0) is 24.6 Å². The SMILES string of the molecule is Cc1ccccc1-c1c2oc3ncc(C#N)cc3c2cc[n+]1C. The number of fused-ring (bicyclic) bond motifs is 3. The van der Waals surface area contributed by atoms with Gasteiger partial charge in [0.15, 0.2) is 6.20 Å². The van der Waals surface area contributed by atoms with Crippen LogP contribution < -0.4 is 4.57 Å². The molecule has 0 spiro atoms. The average molecular weight is 300 g/mol. The van der Waals surface area contributed by atoms with E-state index >= 15 is 0 Å². The first-order chi connectivity index (χ1) is 11.2. The van der Waals surface area contributed by atoms with Gasteiger partial charge >= 0.3 is 0 Å². The highest BCUT2D eigenvalue weighted by Gasteiger charge is 2.22. The molecule has 4 aromatic rings. The maximum atomic E-state index is 9.10. The Morgan fingerprint density at radius 2 is 2.00 bits per heavy atom. The minimum absolute atomic E-state index is 0.533. The van der Waals surface area contributed by atoms with Gasteiger partial charge < -0.3 is 4.42 Å². The molecular formula is C19H14N3O+. The second-order valence-electron chi connectivity index (χ2n) is 5.62. The number of hydrogen-bond donors (Lipinski definition) is 0. The Labute approximate surface area is 133 Å². The summed E-state index contributed by atoms with van der Waals surface area (Å²) in [6, 6.07) is 14.2. The molecule has 0 amide bonds. The van der Waals surface area contributed by atoms with Gasteiger partial charge in [0.05, 0.1) is 11.1 Å². The summed E-state index contributed by atoms with van der Waals surface area (Å²) in [5.74, 6) is 0. The Morgan fingerprint density at radius 1 is 1.17 bits per heavy atom. The Morgan fingerprint density at radius 3 is 2.78 bits per heavy atom. The predicted molar refractivity (Wildman–Crippen MR) is 87.6 cm³/mol. The Bertz CT molecular complexity index is 1100. The molecule has 4 heteroatoms. The van der Waals surface area contributed by atoms with Crippen LogP contribution in [-0.2, 0) is 7.05 Å². The number of aryl methyl sites for hydroxylation is 2. The van der Waals surface area contributed by atoms with E-state index in [0.29, 0.717) is 11.3 Å². The maximum absolute atomic E-state index is 9.10. The fourth-order valence-electron chi connectivity index (χ4n) is 2.97.